The van der Waals surface area contributed by atoms with Crippen LogP contribution in [0.25, 0.3) is 0 Å². The zero-order valence-corrected chi connectivity index (χ0v) is 15.8. The number of ether oxygens (including phenoxy) is 1. The van der Waals surface area contributed by atoms with Gasteiger partial charge in [0.15, 0.2) is 11.7 Å². The highest BCUT2D eigenvalue weighted by molar-refractivity contribution is 7.80. The molecule has 25 heavy (non-hydrogen) atoms. The van der Waals surface area contributed by atoms with Gasteiger partial charge in [-0.15, -0.1) is 0 Å². The smallest absolute Gasteiger partial charge is 0.264 e. The standard InChI is InChI=1S/C19H21ClN2O2S/c1-3-13(2)14-8-4-6-10-16(14)21-19(25)22-18(23)12-24-17-11-7-5-9-15(17)20/h4-11,13H,3,12H2,1-2H3,(H2,21,22,23,25)/t13-/m1/s1. The number of amides is 1. The Bertz CT molecular complexity index is 752. The van der Waals surface area contributed by atoms with Gasteiger partial charge in [0, 0.05) is 5.69 Å². The molecule has 1 amide bonds. The number of hydrogen-bond acceptors (Lipinski definition) is 3. The second-order valence-electron chi connectivity index (χ2n) is 5.62. The Hall–Kier alpha value is -2.11. The lowest BCUT2D eigenvalue weighted by Gasteiger charge is -2.17. The van der Waals surface area contributed by atoms with Crippen LogP contribution in [0.15, 0.2) is 48.5 Å². The van der Waals surface area contributed by atoms with E-state index in [1.165, 1.54) is 0 Å². The fourth-order valence-corrected chi connectivity index (χ4v) is 2.70. The molecule has 2 rings (SSSR count). The van der Waals surface area contributed by atoms with Crippen molar-refractivity contribution in [2.45, 2.75) is 26.2 Å². The van der Waals surface area contributed by atoms with Crippen molar-refractivity contribution >= 4 is 40.5 Å². The molecule has 4 nitrogen and oxygen atoms in total. The van der Waals surface area contributed by atoms with Crippen LogP contribution in [0.5, 0.6) is 5.75 Å². The lowest BCUT2D eigenvalue weighted by atomic mass is 9.97. The van der Waals surface area contributed by atoms with E-state index in [4.69, 9.17) is 28.6 Å². The molecule has 0 radical (unpaired) electrons. The minimum Gasteiger partial charge on any atom is -0.482 e. The van der Waals surface area contributed by atoms with Crippen molar-refractivity contribution in [3.63, 3.8) is 0 Å². The van der Waals surface area contributed by atoms with Crippen molar-refractivity contribution in [3.05, 3.63) is 59.1 Å². The first kappa shape index (κ1) is 19.2. The molecule has 1 atom stereocenters. The number of thiocarbonyl (C=S) groups is 1. The molecular weight excluding hydrogens is 356 g/mol. The highest BCUT2D eigenvalue weighted by atomic mass is 35.5. The molecule has 0 unspecified atom stereocenters. The van der Waals surface area contributed by atoms with Crippen LogP contribution in [-0.4, -0.2) is 17.6 Å². The van der Waals surface area contributed by atoms with Crippen molar-refractivity contribution < 1.29 is 9.53 Å². The number of benzene rings is 2. The van der Waals surface area contributed by atoms with Crippen LogP contribution >= 0.6 is 23.8 Å². The second kappa shape index (κ2) is 9.39. The number of nitrogens with one attached hydrogen (secondary N) is 2. The van der Waals surface area contributed by atoms with Gasteiger partial charge in [-0.05, 0) is 48.3 Å². The van der Waals surface area contributed by atoms with Gasteiger partial charge < -0.3 is 10.1 Å². The Morgan fingerprint density at radius 1 is 1.20 bits per heavy atom. The number of para-hydroxylation sites is 2. The van der Waals surface area contributed by atoms with E-state index in [1.807, 2.05) is 18.2 Å². The number of anilines is 1. The molecule has 0 saturated carbocycles. The Balaban J connectivity index is 1.90. The molecule has 0 saturated heterocycles. The first-order chi connectivity index (χ1) is 12.0. The lowest BCUT2D eigenvalue weighted by molar-refractivity contribution is -0.121. The molecule has 0 bridgehead atoms. The number of hydrogen-bond donors (Lipinski definition) is 2. The van der Waals surface area contributed by atoms with Gasteiger partial charge in [-0.1, -0.05) is 55.8 Å². The SMILES string of the molecule is CC[C@@H](C)c1ccccc1NC(=S)NC(=O)COc1ccccc1Cl. The van der Waals surface area contributed by atoms with E-state index in [0.29, 0.717) is 16.7 Å². The van der Waals surface area contributed by atoms with Gasteiger partial charge in [0.1, 0.15) is 5.75 Å². The van der Waals surface area contributed by atoms with E-state index in [0.717, 1.165) is 17.7 Å². The molecule has 0 fully saturated rings. The van der Waals surface area contributed by atoms with Gasteiger partial charge >= 0.3 is 0 Å². The molecule has 132 valence electrons. The zero-order valence-electron chi connectivity index (χ0n) is 14.2. The second-order valence-corrected chi connectivity index (χ2v) is 6.43. The summed E-state index contributed by atoms with van der Waals surface area (Å²) in [7, 11) is 0. The number of carbonyl (C=O) groups is 1. The van der Waals surface area contributed by atoms with E-state index in [2.05, 4.69) is 30.5 Å². The van der Waals surface area contributed by atoms with Crippen LogP contribution in [-0.2, 0) is 4.79 Å². The maximum atomic E-state index is 12.0. The van der Waals surface area contributed by atoms with Crippen molar-refractivity contribution in [2.75, 3.05) is 11.9 Å². The van der Waals surface area contributed by atoms with E-state index in [-0.39, 0.29) is 17.6 Å². The topological polar surface area (TPSA) is 50.4 Å². The molecular formula is C19H21ClN2O2S. The summed E-state index contributed by atoms with van der Waals surface area (Å²) in [4.78, 5) is 12.0. The average Bonchev–Trinajstić information content (AvgIpc) is 2.60. The first-order valence-electron chi connectivity index (χ1n) is 8.08. The van der Waals surface area contributed by atoms with Crippen LogP contribution in [0.4, 0.5) is 5.69 Å². The molecule has 0 heterocycles. The summed E-state index contributed by atoms with van der Waals surface area (Å²) in [6, 6.07) is 14.9. The summed E-state index contributed by atoms with van der Waals surface area (Å²) in [6.07, 6.45) is 1.02. The number of rotatable bonds is 6. The molecule has 0 aromatic heterocycles. The van der Waals surface area contributed by atoms with Gasteiger partial charge in [-0.25, -0.2) is 0 Å². The summed E-state index contributed by atoms with van der Waals surface area (Å²) in [5.41, 5.74) is 2.06. The Kier molecular flexibility index (Phi) is 7.22. The van der Waals surface area contributed by atoms with Crippen molar-refractivity contribution in [1.82, 2.24) is 5.32 Å². The van der Waals surface area contributed by atoms with Gasteiger partial charge in [0.25, 0.3) is 5.91 Å². The van der Waals surface area contributed by atoms with Gasteiger partial charge in [0.2, 0.25) is 0 Å². The number of carbonyl (C=O) groups excluding carboxylic acids is 1. The third-order valence-electron chi connectivity index (χ3n) is 3.80. The molecule has 2 aromatic carbocycles. The molecule has 2 aromatic rings. The van der Waals surface area contributed by atoms with Crippen LogP contribution in [0, 0.1) is 0 Å². The summed E-state index contributed by atoms with van der Waals surface area (Å²) < 4.78 is 5.40. The molecule has 0 aliphatic rings. The van der Waals surface area contributed by atoms with Crippen LogP contribution in [0.1, 0.15) is 31.7 Å². The summed E-state index contributed by atoms with van der Waals surface area (Å²) in [6.45, 7) is 4.12. The van der Waals surface area contributed by atoms with Crippen molar-refractivity contribution in [1.29, 1.82) is 0 Å². The van der Waals surface area contributed by atoms with E-state index >= 15 is 0 Å². The maximum Gasteiger partial charge on any atom is 0.264 e. The minimum absolute atomic E-state index is 0.168. The fraction of sp³-hybridized carbons (Fsp3) is 0.263. The quantitative estimate of drug-likeness (QED) is 0.714. The third kappa shape index (κ3) is 5.73. The predicted molar refractivity (Wildman–Crippen MR) is 106 cm³/mol. The van der Waals surface area contributed by atoms with Gasteiger partial charge in [-0.2, -0.15) is 0 Å². The molecule has 0 aliphatic carbocycles. The highest BCUT2D eigenvalue weighted by Gasteiger charge is 2.11. The molecule has 2 N–H and O–H groups in total. The number of halogens is 1. The highest BCUT2D eigenvalue weighted by Crippen LogP contribution is 2.26. The normalized spacial score (nSPS) is 11.5. The van der Waals surface area contributed by atoms with Gasteiger partial charge in [0.05, 0.1) is 5.02 Å². The summed E-state index contributed by atoms with van der Waals surface area (Å²) >= 11 is 11.2. The van der Waals surface area contributed by atoms with E-state index in [9.17, 15) is 4.79 Å². The van der Waals surface area contributed by atoms with Crippen molar-refractivity contribution in [2.24, 2.45) is 0 Å². The molecule has 0 aliphatic heterocycles. The largest absolute Gasteiger partial charge is 0.482 e. The van der Waals surface area contributed by atoms with Gasteiger partial charge in [-0.3, -0.25) is 10.1 Å². The lowest BCUT2D eigenvalue weighted by Crippen LogP contribution is -2.37. The maximum absolute atomic E-state index is 12.0. The van der Waals surface area contributed by atoms with Crippen LogP contribution in [0.3, 0.4) is 0 Å². The summed E-state index contributed by atoms with van der Waals surface area (Å²) in [5, 5.41) is 6.40. The zero-order chi connectivity index (χ0) is 18.2. The minimum atomic E-state index is -0.349. The Morgan fingerprint density at radius 2 is 1.88 bits per heavy atom. The monoisotopic (exact) mass is 376 g/mol. The average molecular weight is 377 g/mol. The third-order valence-corrected chi connectivity index (χ3v) is 4.32. The van der Waals surface area contributed by atoms with Crippen molar-refractivity contribution in [3.8, 4) is 5.75 Å². The predicted octanol–water partition coefficient (Wildman–Crippen LogP) is 4.75. The Labute approximate surface area is 158 Å². The first-order valence-corrected chi connectivity index (χ1v) is 8.87. The Morgan fingerprint density at radius 3 is 2.60 bits per heavy atom. The fourth-order valence-electron chi connectivity index (χ4n) is 2.28. The molecule has 0 spiro atoms. The van der Waals surface area contributed by atoms with Crippen LogP contribution < -0.4 is 15.4 Å². The van der Waals surface area contributed by atoms with E-state index in [1.54, 1.807) is 24.3 Å². The molecule has 6 heteroatoms. The van der Waals surface area contributed by atoms with Crippen LogP contribution in [0.2, 0.25) is 5.02 Å². The van der Waals surface area contributed by atoms with E-state index < -0.39 is 0 Å². The summed E-state index contributed by atoms with van der Waals surface area (Å²) in [5.74, 6) is 0.504.